The second-order valence-corrected chi connectivity index (χ2v) is 20.8. The van der Waals surface area contributed by atoms with Crippen LogP contribution in [0.3, 0.4) is 0 Å². The molecule has 2 heteroatoms. The minimum absolute atomic E-state index is 0.178. The molecule has 0 amide bonds. The molecule has 4 aliphatic rings. The molecule has 0 radical (unpaired) electrons. The number of allylic oxidation sites excluding steroid dienone is 4. The van der Waals surface area contributed by atoms with Gasteiger partial charge in [-0.3, -0.25) is 0 Å². The van der Waals surface area contributed by atoms with E-state index in [-0.39, 0.29) is 5.41 Å². The summed E-state index contributed by atoms with van der Waals surface area (Å²) in [5.41, 5.74) is 24.7. The number of hydrogen-bond acceptors (Lipinski definition) is 2. The van der Waals surface area contributed by atoms with Gasteiger partial charge in [-0.05, 0) is 120 Å². The van der Waals surface area contributed by atoms with Crippen molar-refractivity contribution in [1.82, 2.24) is 9.97 Å². The molecule has 342 valence electrons. The molecule has 14 rings (SSSR count). The summed E-state index contributed by atoms with van der Waals surface area (Å²) in [6, 6.07) is 85.5. The van der Waals surface area contributed by atoms with Crippen LogP contribution < -0.4 is 0 Å². The average Bonchev–Trinajstić information content (AvgIpc) is 3.91. The zero-order valence-corrected chi connectivity index (χ0v) is 40.8. The van der Waals surface area contributed by atoms with Crippen molar-refractivity contribution in [3.8, 4) is 67.3 Å². The first-order chi connectivity index (χ1) is 35.4. The van der Waals surface area contributed by atoms with Crippen LogP contribution in [0.15, 0.2) is 254 Å². The summed E-state index contributed by atoms with van der Waals surface area (Å²) in [7, 11) is 0. The smallest absolute Gasteiger partial charge is 0.160 e. The molecule has 0 bridgehead atoms. The standard InChI is InChI=1S/C70H52N2/c1-45-35-39-59-63(41-45)70(60-33-19-18-32-58(60)68(59,2)3)57-40-37-48(49-36-38-53-52-29-16-17-31-56(52)69(62(53)43-49,50-25-12-6-13-26-50)51-27-14-7-15-28-51)42-55(57)66-54(30-20-34-61(66)70)65-44-64(46-21-8-4-9-22-46)71-67(72-65)47-23-10-5-11-24-47/h4-40,42-45H,41H2,1-3H3. The molecule has 2 unspecified atom stereocenters. The number of benzene rings is 9. The van der Waals surface area contributed by atoms with E-state index < -0.39 is 10.8 Å². The maximum Gasteiger partial charge on any atom is 0.160 e. The van der Waals surface area contributed by atoms with Crippen molar-refractivity contribution in [2.45, 2.75) is 43.4 Å². The summed E-state index contributed by atoms with van der Waals surface area (Å²) in [5, 5.41) is 0. The second kappa shape index (κ2) is 16.0. The van der Waals surface area contributed by atoms with Gasteiger partial charge in [-0.15, -0.1) is 0 Å². The fourth-order valence-corrected chi connectivity index (χ4v) is 13.5. The molecule has 2 nitrogen and oxygen atoms in total. The highest BCUT2D eigenvalue weighted by molar-refractivity contribution is 5.98. The lowest BCUT2D eigenvalue weighted by Gasteiger charge is -2.49. The van der Waals surface area contributed by atoms with Crippen molar-refractivity contribution < 1.29 is 0 Å². The molecule has 72 heavy (non-hydrogen) atoms. The van der Waals surface area contributed by atoms with Crippen LogP contribution in [-0.2, 0) is 16.2 Å². The van der Waals surface area contributed by atoms with Crippen molar-refractivity contribution in [3.63, 3.8) is 0 Å². The van der Waals surface area contributed by atoms with E-state index in [9.17, 15) is 0 Å². The first-order valence-corrected chi connectivity index (χ1v) is 25.5. The van der Waals surface area contributed by atoms with E-state index in [0.29, 0.717) is 11.7 Å². The summed E-state index contributed by atoms with van der Waals surface area (Å²) in [6.45, 7) is 7.24. The number of fused-ring (bicyclic) bond motifs is 11. The van der Waals surface area contributed by atoms with E-state index in [0.717, 1.165) is 34.5 Å². The molecule has 0 saturated carbocycles. The maximum absolute atomic E-state index is 5.52. The molecule has 10 aromatic rings. The Hall–Kier alpha value is -8.46. The van der Waals surface area contributed by atoms with Gasteiger partial charge in [-0.1, -0.05) is 245 Å². The normalized spacial score (nSPS) is 18.2. The van der Waals surface area contributed by atoms with Gasteiger partial charge in [0.25, 0.3) is 0 Å². The Kier molecular flexibility index (Phi) is 9.45. The molecule has 1 aromatic heterocycles. The molecule has 2 atom stereocenters. The van der Waals surface area contributed by atoms with Gasteiger partial charge < -0.3 is 0 Å². The van der Waals surface area contributed by atoms with Gasteiger partial charge in [0, 0.05) is 22.1 Å². The molecule has 4 aliphatic carbocycles. The van der Waals surface area contributed by atoms with Crippen molar-refractivity contribution in [3.05, 3.63) is 298 Å². The van der Waals surface area contributed by atoms with Crippen LogP contribution in [0, 0.1) is 5.92 Å². The van der Waals surface area contributed by atoms with Crippen LogP contribution in [0.5, 0.6) is 0 Å². The van der Waals surface area contributed by atoms with Crippen molar-refractivity contribution in [1.29, 1.82) is 0 Å². The lowest BCUT2D eigenvalue weighted by molar-refractivity contribution is 0.512. The Morgan fingerprint density at radius 1 is 0.389 bits per heavy atom. The van der Waals surface area contributed by atoms with Crippen molar-refractivity contribution >= 4 is 0 Å². The Balaban J connectivity index is 1.06. The predicted octanol–water partition coefficient (Wildman–Crippen LogP) is 17.0. The van der Waals surface area contributed by atoms with Crippen molar-refractivity contribution in [2.24, 2.45) is 5.92 Å². The van der Waals surface area contributed by atoms with Gasteiger partial charge in [-0.25, -0.2) is 9.97 Å². The van der Waals surface area contributed by atoms with Crippen molar-refractivity contribution in [2.75, 3.05) is 0 Å². The Morgan fingerprint density at radius 3 is 1.65 bits per heavy atom. The Morgan fingerprint density at radius 2 is 0.931 bits per heavy atom. The van der Waals surface area contributed by atoms with Crippen LogP contribution in [0.25, 0.3) is 67.3 Å². The number of rotatable bonds is 6. The topological polar surface area (TPSA) is 25.8 Å². The fraction of sp³-hybridized carbons (Fsp3) is 0.114. The first kappa shape index (κ1) is 42.4. The first-order valence-electron chi connectivity index (χ1n) is 25.5. The summed E-state index contributed by atoms with van der Waals surface area (Å²) in [5.74, 6) is 1.11. The highest BCUT2D eigenvalue weighted by atomic mass is 14.9. The molecule has 1 heterocycles. The third-order valence-electron chi connectivity index (χ3n) is 16.6. The van der Waals surface area contributed by atoms with E-state index >= 15 is 0 Å². The largest absolute Gasteiger partial charge is 0.228 e. The van der Waals surface area contributed by atoms with E-state index in [1.54, 1.807) is 0 Å². The molecule has 0 N–H and O–H groups in total. The van der Waals surface area contributed by atoms with Crippen LogP contribution in [0.1, 0.15) is 71.7 Å². The molecule has 0 saturated heterocycles. The second-order valence-electron chi connectivity index (χ2n) is 20.8. The van der Waals surface area contributed by atoms with Gasteiger partial charge in [0.1, 0.15) is 0 Å². The fourth-order valence-electron chi connectivity index (χ4n) is 13.5. The monoisotopic (exact) mass is 920 g/mol. The molecule has 0 aliphatic heterocycles. The number of nitrogens with zero attached hydrogens (tertiary/aromatic N) is 2. The minimum Gasteiger partial charge on any atom is -0.228 e. The Labute approximate surface area is 422 Å². The maximum atomic E-state index is 5.52. The lowest BCUT2D eigenvalue weighted by Crippen LogP contribution is -2.42. The van der Waals surface area contributed by atoms with Crippen LogP contribution in [0.2, 0.25) is 0 Å². The van der Waals surface area contributed by atoms with E-state index in [4.69, 9.17) is 9.97 Å². The predicted molar refractivity (Wildman–Crippen MR) is 296 cm³/mol. The SMILES string of the molecule is CC1C=CC2=C(C1)C1(c3ccc(-c4ccc5c(c4)C(c4ccccc4)(c4ccccc4)c4ccccc4-5)cc3-c3c(-c4cc(-c5ccccc5)nc(-c5ccccc5)n4)cccc31)c1ccccc1C2(C)C. The number of hydrogen-bond donors (Lipinski definition) is 0. The lowest BCUT2D eigenvalue weighted by atomic mass is 9.53. The minimum atomic E-state index is -0.521. The quantitative estimate of drug-likeness (QED) is 0.166. The summed E-state index contributed by atoms with van der Waals surface area (Å²) >= 11 is 0. The highest BCUT2D eigenvalue weighted by Gasteiger charge is 2.55. The van der Waals surface area contributed by atoms with E-state index in [2.05, 4.69) is 263 Å². The average molecular weight is 921 g/mol. The summed E-state index contributed by atoms with van der Waals surface area (Å²) in [4.78, 5) is 10.8. The molecule has 1 spiro atoms. The van der Waals surface area contributed by atoms with Gasteiger partial charge in [0.05, 0.1) is 22.2 Å². The third kappa shape index (κ3) is 5.96. The van der Waals surface area contributed by atoms with Gasteiger partial charge >= 0.3 is 0 Å². The molecule has 0 fully saturated rings. The van der Waals surface area contributed by atoms with E-state index in [1.165, 1.54) is 89.0 Å². The zero-order valence-electron chi connectivity index (χ0n) is 40.8. The number of aromatic nitrogens is 2. The van der Waals surface area contributed by atoms with Crippen LogP contribution >= 0.6 is 0 Å². The highest BCUT2D eigenvalue weighted by Crippen LogP contribution is 2.66. The summed E-state index contributed by atoms with van der Waals surface area (Å²) in [6.07, 6.45) is 5.88. The third-order valence-corrected chi connectivity index (χ3v) is 16.6. The molecular weight excluding hydrogens is 869 g/mol. The van der Waals surface area contributed by atoms with Gasteiger partial charge in [-0.2, -0.15) is 0 Å². The van der Waals surface area contributed by atoms with Gasteiger partial charge in [0.15, 0.2) is 5.82 Å². The molecular formula is C70H52N2. The van der Waals surface area contributed by atoms with Gasteiger partial charge in [0.2, 0.25) is 0 Å². The molecule has 9 aromatic carbocycles. The Bertz CT molecular complexity index is 3770. The summed E-state index contributed by atoms with van der Waals surface area (Å²) < 4.78 is 0. The zero-order chi connectivity index (χ0) is 48.2. The van der Waals surface area contributed by atoms with Crippen LogP contribution in [0.4, 0.5) is 0 Å². The van der Waals surface area contributed by atoms with Crippen LogP contribution in [-0.4, -0.2) is 9.97 Å². The van der Waals surface area contributed by atoms with E-state index in [1.807, 2.05) is 0 Å².